The number of likely N-dealkylation sites (N-methyl/N-ethyl adjacent to an activating group) is 1. The zero-order valence-electron chi connectivity index (χ0n) is 23.7. The van der Waals surface area contributed by atoms with Crippen LogP contribution >= 0.6 is 0 Å². The Morgan fingerprint density at radius 2 is 1.67 bits per heavy atom. The highest BCUT2D eigenvalue weighted by atomic mass is 16.5. The molecular formula is C33H32N4O5. The van der Waals surface area contributed by atoms with E-state index in [0.29, 0.717) is 46.9 Å². The van der Waals surface area contributed by atoms with E-state index in [1.165, 1.54) is 6.26 Å². The summed E-state index contributed by atoms with van der Waals surface area (Å²) in [5, 5.41) is 6.33. The van der Waals surface area contributed by atoms with Crippen LogP contribution in [0, 0.1) is 0 Å². The quantitative estimate of drug-likeness (QED) is 0.191. The molecule has 2 amide bonds. The van der Waals surface area contributed by atoms with Crippen molar-refractivity contribution in [3.8, 4) is 0 Å². The number of furan rings is 1. The maximum Gasteiger partial charge on any atom is 0.338 e. The molecule has 3 aromatic carbocycles. The first-order chi connectivity index (χ1) is 20.4. The van der Waals surface area contributed by atoms with Gasteiger partial charge >= 0.3 is 5.97 Å². The first kappa shape index (κ1) is 28.4. The summed E-state index contributed by atoms with van der Waals surface area (Å²) >= 11 is 0. The van der Waals surface area contributed by atoms with Crippen LogP contribution in [0.15, 0.2) is 95.6 Å². The summed E-state index contributed by atoms with van der Waals surface area (Å²) in [6.45, 7) is 3.15. The Morgan fingerprint density at radius 1 is 0.905 bits per heavy atom. The molecule has 9 nitrogen and oxygen atoms in total. The minimum absolute atomic E-state index is 0.226. The third kappa shape index (κ3) is 6.11. The van der Waals surface area contributed by atoms with Gasteiger partial charge < -0.3 is 29.6 Å². The molecular weight excluding hydrogens is 532 g/mol. The van der Waals surface area contributed by atoms with Gasteiger partial charge in [0, 0.05) is 30.0 Å². The summed E-state index contributed by atoms with van der Waals surface area (Å²) in [4.78, 5) is 42.5. The van der Waals surface area contributed by atoms with Crippen LogP contribution in [0.3, 0.4) is 0 Å². The fourth-order valence-electron chi connectivity index (χ4n) is 4.70. The van der Waals surface area contributed by atoms with Crippen molar-refractivity contribution in [3.05, 3.63) is 114 Å². The van der Waals surface area contributed by atoms with Crippen LogP contribution < -0.4 is 15.5 Å². The van der Waals surface area contributed by atoms with E-state index < -0.39 is 5.97 Å². The number of rotatable bonds is 10. The number of benzene rings is 3. The lowest BCUT2D eigenvalue weighted by atomic mass is 9.99. The Bertz CT molecular complexity index is 1610. The third-order valence-corrected chi connectivity index (χ3v) is 6.78. The second-order valence-corrected chi connectivity index (χ2v) is 9.96. The number of ether oxygens (including phenoxy) is 1. The fourth-order valence-corrected chi connectivity index (χ4v) is 4.70. The van der Waals surface area contributed by atoms with E-state index in [4.69, 9.17) is 9.15 Å². The molecule has 5 rings (SSSR count). The van der Waals surface area contributed by atoms with Crippen LogP contribution in [0.1, 0.15) is 39.0 Å². The van der Waals surface area contributed by atoms with Gasteiger partial charge in [-0.3, -0.25) is 9.59 Å². The van der Waals surface area contributed by atoms with Gasteiger partial charge in [0.1, 0.15) is 0 Å². The summed E-state index contributed by atoms with van der Waals surface area (Å²) in [6.07, 6.45) is 1.48. The highest BCUT2D eigenvalue weighted by Crippen LogP contribution is 2.38. The molecule has 0 spiro atoms. The summed E-state index contributed by atoms with van der Waals surface area (Å²) in [7, 11) is 3.91. The van der Waals surface area contributed by atoms with E-state index in [0.717, 1.165) is 11.3 Å². The van der Waals surface area contributed by atoms with Crippen molar-refractivity contribution >= 4 is 46.1 Å². The molecule has 1 aromatic heterocycles. The Labute approximate surface area is 244 Å². The number of amides is 2. The smallest absolute Gasteiger partial charge is 0.338 e. The van der Waals surface area contributed by atoms with E-state index in [-0.39, 0.29) is 24.2 Å². The fraction of sp³-hybridized carbons (Fsp3) is 0.182. The highest BCUT2D eigenvalue weighted by Gasteiger charge is 2.29. The number of hydrogen-bond donors (Lipinski definition) is 2. The summed E-state index contributed by atoms with van der Waals surface area (Å²) < 4.78 is 10.5. The SMILES string of the molecule is CCOC(=O)c1ccc2c(c1)NC(=O)/C2=C(\Nc1ccc(N(CCN(C)C)C(=O)c2ccco2)cc1)c1ccccc1. The lowest BCUT2D eigenvalue weighted by molar-refractivity contribution is -0.110. The highest BCUT2D eigenvalue weighted by molar-refractivity contribution is 6.37. The zero-order valence-corrected chi connectivity index (χ0v) is 23.7. The van der Waals surface area contributed by atoms with Crippen molar-refractivity contribution < 1.29 is 23.5 Å². The van der Waals surface area contributed by atoms with Crippen molar-refractivity contribution in [2.24, 2.45) is 0 Å². The first-order valence-electron chi connectivity index (χ1n) is 13.7. The van der Waals surface area contributed by atoms with Gasteiger partial charge in [0.2, 0.25) is 0 Å². The predicted octanol–water partition coefficient (Wildman–Crippen LogP) is 5.60. The number of esters is 1. The standard InChI is InChI=1S/C33H32N4O5/c1-4-41-33(40)23-12-17-26-27(21-23)35-31(38)29(26)30(22-9-6-5-7-10-22)34-24-13-15-25(16-14-24)37(19-18-36(2)3)32(39)28-11-8-20-42-28/h5-17,20-21,34H,4,18-19H2,1-3H3,(H,35,38)/b30-29-. The average molecular weight is 565 g/mol. The number of nitrogens with one attached hydrogen (secondary N) is 2. The molecule has 4 aromatic rings. The van der Waals surface area contributed by atoms with Crippen molar-refractivity contribution in [2.45, 2.75) is 6.92 Å². The van der Waals surface area contributed by atoms with Gasteiger partial charge in [-0.15, -0.1) is 0 Å². The number of hydrogen-bond acceptors (Lipinski definition) is 7. The summed E-state index contributed by atoms with van der Waals surface area (Å²) in [5.74, 6) is -0.688. The van der Waals surface area contributed by atoms with Crippen molar-refractivity contribution in [2.75, 3.05) is 49.3 Å². The van der Waals surface area contributed by atoms with Crippen LogP contribution in [0.5, 0.6) is 0 Å². The third-order valence-electron chi connectivity index (χ3n) is 6.78. The molecule has 0 saturated heterocycles. The molecule has 42 heavy (non-hydrogen) atoms. The van der Waals surface area contributed by atoms with E-state index in [1.807, 2.05) is 73.6 Å². The van der Waals surface area contributed by atoms with Crippen LogP contribution in [0.25, 0.3) is 11.3 Å². The van der Waals surface area contributed by atoms with E-state index in [1.54, 1.807) is 42.2 Å². The van der Waals surface area contributed by atoms with Gasteiger partial charge in [0.25, 0.3) is 11.8 Å². The van der Waals surface area contributed by atoms with Gasteiger partial charge in [-0.25, -0.2) is 4.79 Å². The molecule has 0 radical (unpaired) electrons. The van der Waals surface area contributed by atoms with Gasteiger partial charge in [0.05, 0.1) is 35.4 Å². The molecule has 214 valence electrons. The minimum atomic E-state index is -0.446. The Morgan fingerprint density at radius 3 is 2.33 bits per heavy atom. The van der Waals surface area contributed by atoms with Crippen LogP contribution in [0.4, 0.5) is 17.1 Å². The van der Waals surface area contributed by atoms with Crippen molar-refractivity contribution in [3.63, 3.8) is 0 Å². The van der Waals surface area contributed by atoms with Crippen molar-refractivity contribution in [1.82, 2.24) is 4.90 Å². The number of carbonyl (C=O) groups excluding carboxylic acids is 3. The number of fused-ring (bicyclic) bond motifs is 1. The molecule has 0 aliphatic carbocycles. The van der Waals surface area contributed by atoms with Crippen LogP contribution in [-0.2, 0) is 9.53 Å². The first-order valence-corrected chi connectivity index (χ1v) is 13.7. The average Bonchev–Trinajstić information content (AvgIpc) is 3.64. The lowest BCUT2D eigenvalue weighted by Crippen LogP contribution is -2.36. The molecule has 0 unspecified atom stereocenters. The van der Waals surface area contributed by atoms with E-state index in [2.05, 4.69) is 10.6 Å². The van der Waals surface area contributed by atoms with Crippen LogP contribution in [0.2, 0.25) is 0 Å². The van der Waals surface area contributed by atoms with Crippen LogP contribution in [-0.4, -0.2) is 56.5 Å². The number of anilines is 3. The molecule has 1 aliphatic heterocycles. The summed E-state index contributed by atoms with van der Waals surface area (Å²) in [6, 6.07) is 25.4. The molecule has 2 heterocycles. The van der Waals surface area contributed by atoms with Gasteiger partial charge in [-0.05, 0) is 75.1 Å². The maximum absolute atomic E-state index is 13.3. The predicted molar refractivity (Wildman–Crippen MR) is 163 cm³/mol. The monoisotopic (exact) mass is 564 g/mol. The van der Waals surface area contributed by atoms with Gasteiger partial charge in [-0.2, -0.15) is 0 Å². The van der Waals surface area contributed by atoms with Crippen molar-refractivity contribution in [1.29, 1.82) is 0 Å². The molecule has 9 heteroatoms. The topological polar surface area (TPSA) is 104 Å². The summed E-state index contributed by atoms with van der Waals surface area (Å²) in [5.41, 5.74) is 4.91. The second-order valence-electron chi connectivity index (χ2n) is 9.96. The minimum Gasteiger partial charge on any atom is -0.462 e. The zero-order chi connectivity index (χ0) is 29.6. The largest absolute Gasteiger partial charge is 0.462 e. The molecule has 2 N–H and O–H groups in total. The molecule has 0 saturated carbocycles. The molecule has 1 aliphatic rings. The van der Waals surface area contributed by atoms with E-state index >= 15 is 0 Å². The molecule has 0 bridgehead atoms. The normalized spacial score (nSPS) is 13.4. The van der Waals surface area contributed by atoms with E-state index in [9.17, 15) is 14.4 Å². The maximum atomic E-state index is 13.3. The Kier molecular flexibility index (Phi) is 8.50. The molecule has 0 atom stereocenters. The molecule has 0 fully saturated rings. The van der Waals surface area contributed by atoms with Gasteiger partial charge in [0.15, 0.2) is 5.76 Å². The van der Waals surface area contributed by atoms with Gasteiger partial charge in [-0.1, -0.05) is 36.4 Å². The Hall–Kier alpha value is -5.15. The Balaban J connectivity index is 1.49. The number of nitrogens with zero attached hydrogens (tertiary/aromatic N) is 2. The lowest BCUT2D eigenvalue weighted by Gasteiger charge is -2.24. The second kappa shape index (κ2) is 12.6. The number of carbonyl (C=O) groups is 3.